The lowest BCUT2D eigenvalue weighted by Gasteiger charge is -2.13. The molecule has 2 amide bonds. The monoisotopic (exact) mass is 275 g/mol. The molecule has 0 aliphatic rings. The van der Waals surface area contributed by atoms with Crippen molar-refractivity contribution in [2.75, 3.05) is 5.32 Å². The summed E-state index contributed by atoms with van der Waals surface area (Å²) in [5.41, 5.74) is 0.324. The molecule has 7 nitrogen and oxygen atoms in total. The molecule has 104 valence electrons. The summed E-state index contributed by atoms with van der Waals surface area (Å²) in [6.07, 6.45) is 4.08. The highest BCUT2D eigenvalue weighted by Gasteiger charge is 2.18. The summed E-state index contributed by atoms with van der Waals surface area (Å²) >= 11 is 0. The van der Waals surface area contributed by atoms with E-state index >= 15 is 0 Å². The number of aromatic hydroxyl groups is 1. The van der Waals surface area contributed by atoms with Crippen molar-refractivity contribution in [2.24, 2.45) is 0 Å². The lowest BCUT2D eigenvalue weighted by Crippen LogP contribution is -2.41. The van der Waals surface area contributed by atoms with Gasteiger partial charge in [-0.05, 0) is 25.1 Å². The van der Waals surface area contributed by atoms with E-state index in [4.69, 9.17) is 4.42 Å². The van der Waals surface area contributed by atoms with Crippen molar-refractivity contribution in [1.82, 2.24) is 10.3 Å². The van der Waals surface area contributed by atoms with Crippen molar-refractivity contribution < 1.29 is 19.1 Å². The first-order chi connectivity index (χ1) is 9.58. The fourth-order valence-corrected chi connectivity index (χ4v) is 1.46. The third-order valence-corrected chi connectivity index (χ3v) is 2.55. The highest BCUT2D eigenvalue weighted by Crippen LogP contribution is 2.18. The Morgan fingerprint density at radius 2 is 2.20 bits per heavy atom. The van der Waals surface area contributed by atoms with Crippen LogP contribution in [0.15, 0.2) is 41.3 Å². The first-order valence-corrected chi connectivity index (χ1v) is 5.86. The first-order valence-electron chi connectivity index (χ1n) is 5.86. The Kier molecular flexibility index (Phi) is 3.99. The van der Waals surface area contributed by atoms with Crippen molar-refractivity contribution in [3.63, 3.8) is 0 Å². The molecule has 0 aliphatic carbocycles. The molecule has 2 aromatic rings. The molecular formula is C13H13N3O4. The van der Waals surface area contributed by atoms with Gasteiger partial charge in [-0.2, -0.15) is 0 Å². The maximum atomic E-state index is 11.9. The molecule has 0 aromatic carbocycles. The number of aromatic nitrogens is 1. The molecule has 0 aliphatic heterocycles. The molecule has 0 spiro atoms. The van der Waals surface area contributed by atoms with Crippen LogP contribution in [0.25, 0.3) is 0 Å². The van der Waals surface area contributed by atoms with Crippen LogP contribution in [0.2, 0.25) is 0 Å². The average molecular weight is 275 g/mol. The van der Waals surface area contributed by atoms with Gasteiger partial charge in [-0.3, -0.25) is 9.59 Å². The molecule has 0 saturated carbocycles. The zero-order valence-corrected chi connectivity index (χ0v) is 10.7. The summed E-state index contributed by atoms with van der Waals surface area (Å²) in [7, 11) is 0. The predicted molar refractivity (Wildman–Crippen MR) is 70.2 cm³/mol. The van der Waals surface area contributed by atoms with Gasteiger partial charge in [-0.25, -0.2) is 4.98 Å². The van der Waals surface area contributed by atoms with Crippen LogP contribution in [0, 0.1) is 0 Å². The number of anilines is 1. The van der Waals surface area contributed by atoms with Gasteiger partial charge in [0.1, 0.15) is 12.3 Å². The molecule has 7 heteroatoms. The van der Waals surface area contributed by atoms with Gasteiger partial charge in [0, 0.05) is 6.20 Å². The third kappa shape index (κ3) is 3.14. The fourth-order valence-electron chi connectivity index (χ4n) is 1.46. The summed E-state index contributed by atoms with van der Waals surface area (Å²) in [4.78, 5) is 27.4. The number of carbonyl (C=O) groups is 2. The van der Waals surface area contributed by atoms with Gasteiger partial charge in [-0.1, -0.05) is 0 Å². The van der Waals surface area contributed by atoms with Gasteiger partial charge in [0.2, 0.25) is 5.91 Å². The second-order valence-electron chi connectivity index (χ2n) is 4.07. The second-order valence-corrected chi connectivity index (χ2v) is 4.07. The van der Waals surface area contributed by atoms with Crippen LogP contribution in [-0.4, -0.2) is 27.9 Å². The van der Waals surface area contributed by atoms with Crippen LogP contribution >= 0.6 is 0 Å². The van der Waals surface area contributed by atoms with E-state index in [-0.39, 0.29) is 11.6 Å². The molecule has 0 fully saturated rings. The molecule has 2 heterocycles. The lowest BCUT2D eigenvalue weighted by molar-refractivity contribution is -0.117. The van der Waals surface area contributed by atoms with E-state index in [9.17, 15) is 14.7 Å². The number of furan rings is 1. The summed E-state index contributed by atoms with van der Waals surface area (Å²) < 4.78 is 4.78. The summed E-state index contributed by atoms with van der Waals surface area (Å²) in [6, 6.07) is 3.63. The number of hydrogen-bond donors (Lipinski definition) is 3. The molecule has 1 unspecified atom stereocenters. The number of hydrogen-bond acceptors (Lipinski definition) is 5. The van der Waals surface area contributed by atoms with E-state index in [1.165, 1.54) is 43.8 Å². The third-order valence-electron chi connectivity index (χ3n) is 2.55. The van der Waals surface area contributed by atoms with Crippen molar-refractivity contribution in [3.05, 3.63) is 42.5 Å². The van der Waals surface area contributed by atoms with Crippen molar-refractivity contribution in [3.8, 4) is 5.75 Å². The maximum Gasteiger partial charge on any atom is 0.255 e. The minimum absolute atomic E-state index is 0.0434. The number of nitrogens with zero attached hydrogens (tertiary/aromatic N) is 1. The minimum atomic E-state index is -0.793. The molecule has 2 rings (SSSR count). The Hall–Kier alpha value is -2.83. The number of rotatable bonds is 4. The second kappa shape index (κ2) is 5.87. The smallest absolute Gasteiger partial charge is 0.255 e. The van der Waals surface area contributed by atoms with E-state index in [0.717, 1.165) is 0 Å². The number of pyridine rings is 1. The van der Waals surface area contributed by atoms with Crippen LogP contribution < -0.4 is 10.6 Å². The Balaban J connectivity index is 1.96. The van der Waals surface area contributed by atoms with Gasteiger partial charge >= 0.3 is 0 Å². The summed E-state index contributed by atoms with van der Waals surface area (Å²) in [5, 5.41) is 14.4. The molecule has 20 heavy (non-hydrogen) atoms. The molecule has 0 saturated heterocycles. The van der Waals surface area contributed by atoms with Crippen LogP contribution in [0.4, 0.5) is 5.82 Å². The molecule has 2 aromatic heterocycles. The van der Waals surface area contributed by atoms with E-state index in [1.807, 2.05) is 0 Å². The molecular weight excluding hydrogens is 262 g/mol. The van der Waals surface area contributed by atoms with Gasteiger partial charge in [0.25, 0.3) is 5.91 Å². The predicted octanol–water partition coefficient (Wildman–Crippen LogP) is 1.14. The van der Waals surface area contributed by atoms with Crippen LogP contribution in [0.5, 0.6) is 5.75 Å². The Morgan fingerprint density at radius 3 is 2.85 bits per heavy atom. The van der Waals surface area contributed by atoms with Gasteiger partial charge in [-0.15, -0.1) is 0 Å². The van der Waals surface area contributed by atoms with Gasteiger partial charge in [0.15, 0.2) is 11.6 Å². The largest absolute Gasteiger partial charge is 0.504 e. The normalized spacial score (nSPS) is 11.7. The van der Waals surface area contributed by atoms with Crippen LogP contribution in [-0.2, 0) is 4.79 Å². The van der Waals surface area contributed by atoms with Crippen LogP contribution in [0.1, 0.15) is 17.3 Å². The zero-order chi connectivity index (χ0) is 14.5. The number of amides is 2. The summed E-state index contributed by atoms with van der Waals surface area (Å²) in [5.74, 6) is -1.02. The van der Waals surface area contributed by atoms with E-state index in [1.54, 1.807) is 0 Å². The minimum Gasteiger partial charge on any atom is -0.504 e. The Labute approximate surface area is 114 Å². The molecule has 0 bridgehead atoms. The molecule has 0 radical (unpaired) electrons. The Morgan fingerprint density at radius 1 is 1.40 bits per heavy atom. The van der Waals surface area contributed by atoms with E-state index in [0.29, 0.717) is 5.56 Å². The van der Waals surface area contributed by atoms with Gasteiger partial charge in [0.05, 0.1) is 11.8 Å². The number of nitrogens with one attached hydrogen (secondary N) is 2. The molecule has 1 atom stereocenters. The fraction of sp³-hybridized carbons (Fsp3) is 0.154. The molecule has 3 N–H and O–H groups in total. The summed E-state index contributed by atoms with van der Waals surface area (Å²) in [6.45, 7) is 1.52. The Bertz CT molecular complexity index is 610. The quantitative estimate of drug-likeness (QED) is 0.776. The van der Waals surface area contributed by atoms with Crippen LogP contribution in [0.3, 0.4) is 0 Å². The van der Waals surface area contributed by atoms with E-state index < -0.39 is 17.9 Å². The van der Waals surface area contributed by atoms with Crippen molar-refractivity contribution in [2.45, 2.75) is 13.0 Å². The highest BCUT2D eigenvalue weighted by atomic mass is 16.3. The highest BCUT2D eigenvalue weighted by molar-refractivity contribution is 6.00. The van der Waals surface area contributed by atoms with Crippen molar-refractivity contribution in [1.29, 1.82) is 0 Å². The zero-order valence-electron chi connectivity index (χ0n) is 10.7. The van der Waals surface area contributed by atoms with Crippen molar-refractivity contribution >= 4 is 17.6 Å². The number of carbonyl (C=O) groups excluding carboxylic acids is 2. The first kappa shape index (κ1) is 13.6. The lowest BCUT2D eigenvalue weighted by atomic mass is 10.2. The maximum absolute atomic E-state index is 11.9. The standard InChI is InChI=1S/C13H13N3O4/c1-8(15-13(19)9-4-6-20-7-9)12(18)16-11-10(17)3-2-5-14-11/h2-8,17H,1H3,(H,15,19)(H,14,16,18). The average Bonchev–Trinajstić information content (AvgIpc) is 2.95. The SMILES string of the molecule is CC(NC(=O)c1ccoc1)C(=O)Nc1ncccc1O. The van der Waals surface area contributed by atoms with E-state index in [2.05, 4.69) is 15.6 Å². The topological polar surface area (TPSA) is 104 Å². The van der Waals surface area contributed by atoms with Gasteiger partial charge < -0.3 is 20.2 Å².